The molecule has 1 aromatic carbocycles. The summed E-state index contributed by atoms with van der Waals surface area (Å²) < 4.78 is 2.64. The highest BCUT2D eigenvalue weighted by Gasteiger charge is 2.24. The molecule has 0 aliphatic carbocycles. The van der Waals surface area contributed by atoms with Crippen LogP contribution in [-0.4, -0.2) is 11.8 Å². The minimum absolute atomic E-state index is 0.254. The monoisotopic (exact) mass is 253 g/mol. The number of anilines is 1. The number of nitrogens with zero attached hydrogens (tertiary/aromatic N) is 2. The first-order valence-electron chi connectivity index (χ1n) is 3.74. The zero-order valence-electron chi connectivity index (χ0n) is 6.82. The van der Waals surface area contributed by atoms with Crippen molar-refractivity contribution in [3.63, 3.8) is 0 Å². The Morgan fingerprint density at radius 1 is 1.14 bits per heavy atom. The second-order valence-electron chi connectivity index (χ2n) is 2.63. The summed E-state index contributed by atoms with van der Waals surface area (Å²) in [5.41, 5.74) is 1.04. The Morgan fingerprint density at radius 3 is 2.57 bits per heavy atom. The minimum atomic E-state index is -0.512. The van der Waals surface area contributed by atoms with Gasteiger partial charge in [-0.05, 0) is 12.1 Å². The van der Waals surface area contributed by atoms with Gasteiger partial charge in [0.05, 0.1) is 16.8 Å². The van der Waals surface area contributed by atoms with E-state index in [1.165, 1.54) is 0 Å². The Kier molecular flexibility index (Phi) is 2.12. The van der Waals surface area contributed by atoms with Gasteiger partial charge in [0, 0.05) is 16.1 Å². The molecular formula is C8H4BrN3O2. The standard InChI is InChI=1S/C8H4BrN3O2/c9-10-5-3-1-2-4-6(5)8(14)12-11-7(4)13/h1-3,10H. The third kappa shape index (κ3) is 1.24. The maximum absolute atomic E-state index is 11.3. The maximum Gasteiger partial charge on any atom is 0.298 e. The van der Waals surface area contributed by atoms with Gasteiger partial charge in [-0.15, -0.1) is 10.2 Å². The van der Waals surface area contributed by atoms with Gasteiger partial charge in [0.25, 0.3) is 11.8 Å². The summed E-state index contributed by atoms with van der Waals surface area (Å²) in [5, 5.41) is 6.46. The Morgan fingerprint density at radius 2 is 1.86 bits per heavy atom. The highest BCUT2D eigenvalue weighted by Crippen LogP contribution is 2.25. The quantitative estimate of drug-likeness (QED) is 0.780. The molecule has 2 amide bonds. The molecule has 5 nitrogen and oxygen atoms in total. The molecule has 0 spiro atoms. The van der Waals surface area contributed by atoms with Crippen LogP contribution in [0.4, 0.5) is 5.69 Å². The molecule has 0 saturated carbocycles. The molecule has 0 fully saturated rings. The minimum Gasteiger partial charge on any atom is -0.322 e. The van der Waals surface area contributed by atoms with Crippen molar-refractivity contribution in [1.82, 2.24) is 0 Å². The molecule has 1 heterocycles. The highest BCUT2D eigenvalue weighted by atomic mass is 79.9. The fraction of sp³-hybridized carbons (Fsp3) is 0. The first-order chi connectivity index (χ1) is 6.74. The molecule has 0 aromatic heterocycles. The summed E-state index contributed by atoms with van der Waals surface area (Å²) in [6.45, 7) is 0. The lowest BCUT2D eigenvalue weighted by molar-refractivity contribution is 0.0921. The van der Waals surface area contributed by atoms with Crippen molar-refractivity contribution in [1.29, 1.82) is 0 Å². The number of rotatable bonds is 1. The number of benzene rings is 1. The van der Waals surface area contributed by atoms with Gasteiger partial charge in [0.1, 0.15) is 0 Å². The molecule has 0 unspecified atom stereocenters. The van der Waals surface area contributed by atoms with Gasteiger partial charge in [-0.3, -0.25) is 9.59 Å². The van der Waals surface area contributed by atoms with Crippen LogP contribution in [0.5, 0.6) is 0 Å². The topological polar surface area (TPSA) is 70.9 Å². The van der Waals surface area contributed by atoms with Crippen molar-refractivity contribution < 1.29 is 9.59 Å². The molecule has 1 aliphatic heterocycles. The Bertz CT molecular complexity index is 456. The molecule has 6 heteroatoms. The van der Waals surface area contributed by atoms with Gasteiger partial charge < -0.3 is 4.34 Å². The van der Waals surface area contributed by atoms with Crippen molar-refractivity contribution in [3.8, 4) is 0 Å². The van der Waals surface area contributed by atoms with Crippen LogP contribution >= 0.6 is 16.1 Å². The lowest BCUT2D eigenvalue weighted by Crippen LogP contribution is -2.12. The van der Waals surface area contributed by atoms with Gasteiger partial charge in [0.2, 0.25) is 0 Å². The van der Waals surface area contributed by atoms with Gasteiger partial charge in [0.15, 0.2) is 0 Å². The average Bonchev–Trinajstić information content (AvgIpc) is 2.23. The number of hydrogen-bond acceptors (Lipinski definition) is 3. The van der Waals surface area contributed by atoms with Crippen LogP contribution in [0.15, 0.2) is 28.4 Å². The summed E-state index contributed by atoms with van der Waals surface area (Å²) in [6, 6.07) is 4.87. The van der Waals surface area contributed by atoms with Crippen LogP contribution in [0.25, 0.3) is 0 Å². The SMILES string of the molecule is O=C1N=NC(=O)c2c(NBr)cccc21. The molecule has 1 aromatic rings. The first kappa shape index (κ1) is 9.01. The van der Waals surface area contributed by atoms with E-state index in [-0.39, 0.29) is 11.1 Å². The van der Waals surface area contributed by atoms with Crippen molar-refractivity contribution >= 4 is 33.6 Å². The Balaban J connectivity index is 2.71. The van der Waals surface area contributed by atoms with Crippen LogP contribution in [0.2, 0.25) is 0 Å². The van der Waals surface area contributed by atoms with Crippen molar-refractivity contribution in [2.24, 2.45) is 10.2 Å². The fourth-order valence-electron chi connectivity index (χ4n) is 1.23. The van der Waals surface area contributed by atoms with Crippen LogP contribution in [-0.2, 0) is 0 Å². The van der Waals surface area contributed by atoms with E-state index in [2.05, 4.69) is 30.7 Å². The number of carbonyl (C=O) groups excluding carboxylic acids is 2. The molecule has 70 valence electrons. The smallest absolute Gasteiger partial charge is 0.298 e. The Labute approximate surface area is 87.6 Å². The molecule has 14 heavy (non-hydrogen) atoms. The molecular weight excluding hydrogens is 250 g/mol. The summed E-state index contributed by atoms with van der Waals surface area (Å²) in [4.78, 5) is 22.6. The second-order valence-corrected chi connectivity index (χ2v) is 3.03. The predicted octanol–water partition coefficient (Wildman–Crippen LogP) is 2.15. The van der Waals surface area contributed by atoms with E-state index >= 15 is 0 Å². The molecule has 1 N–H and O–H groups in total. The summed E-state index contributed by atoms with van der Waals surface area (Å²) in [5.74, 6) is -1.01. The van der Waals surface area contributed by atoms with E-state index in [9.17, 15) is 9.59 Å². The number of fused-ring (bicyclic) bond motifs is 1. The third-order valence-corrected chi connectivity index (χ3v) is 2.27. The number of amides is 2. The summed E-state index contributed by atoms with van der Waals surface area (Å²) in [6.07, 6.45) is 0. The number of azo groups is 1. The van der Waals surface area contributed by atoms with Gasteiger partial charge >= 0.3 is 0 Å². The summed E-state index contributed by atoms with van der Waals surface area (Å²) in [7, 11) is 0. The van der Waals surface area contributed by atoms with E-state index in [0.717, 1.165) is 0 Å². The van der Waals surface area contributed by atoms with Gasteiger partial charge in [-0.2, -0.15) is 0 Å². The van der Waals surface area contributed by atoms with Crippen LogP contribution in [0, 0.1) is 0 Å². The molecule has 0 atom stereocenters. The lowest BCUT2D eigenvalue weighted by Gasteiger charge is -2.10. The molecule has 0 radical (unpaired) electrons. The zero-order chi connectivity index (χ0) is 10.1. The average molecular weight is 254 g/mol. The normalized spacial score (nSPS) is 14.1. The molecule has 0 saturated heterocycles. The third-order valence-electron chi connectivity index (χ3n) is 1.84. The van der Waals surface area contributed by atoms with Crippen LogP contribution < -0.4 is 4.34 Å². The van der Waals surface area contributed by atoms with Crippen molar-refractivity contribution in [2.75, 3.05) is 4.34 Å². The van der Waals surface area contributed by atoms with Crippen LogP contribution in [0.3, 0.4) is 0 Å². The lowest BCUT2D eigenvalue weighted by atomic mass is 10.0. The Hall–Kier alpha value is -1.56. The van der Waals surface area contributed by atoms with Gasteiger partial charge in [-0.1, -0.05) is 6.07 Å². The van der Waals surface area contributed by atoms with Crippen LogP contribution in [0.1, 0.15) is 20.7 Å². The maximum atomic E-state index is 11.3. The second kappa shape index (κ2) is 3.30. The molecule has 0 bridgehead atoms. The number of hydrogen-bond donors (Lipinski definition) is 1. The predicted molar refractivity (Wildman–Crippen MR) is 52.5 cm³/mol. The number of nitrogens with one attached hydrogen (secondary N) is 1. The number of carbonyl (C=O) groups is 2. The van der Waals surface area contributed by atoms with E-state index in [1.807, 2.05) is 0 Å². The zero-order valence-corrected chi connectivity index (χ0v) is 8.41. The van der Waals surface area contributed by atoms with Crippen molar-refractivity contribution in [2.45, 2.75) is 0 Å². The first-order valence-corrected chi connectivity index (χ1v) is 4.53. The highest BCUT2D eigenvalue weighted by molar-refractivity contribution is 9.10. The molecule has 2 rings (SSSR count). The van der Waals surface area contributed by atoms with Gasteiger partial charge in [-0.25, -0.2) is 0 Å². The molecule has 1 aliphatic rings. The summed E-state index contributed by atoms with van der Waals surface area (Å²) >= 11 is 3.00. The van der Waals surface area contributed by atoms with E-state index in [1.54, 1.807) is 18.2 Å². The van der Waals surface area contributed by atoms with E-state index in [0.29, 0.717) is 5.69 Å². The van der Waals surface area contributed by atoms with Crippen molar-refractivity contribution in [3.05, 3.63) is 29.3 Å². The largest absolute Gasteiger partial charge is 0.322 e. The van der Waals surface area contributed by atoms with E-state index < -0.39 is 11.8 Å². The number of halogens is 1. The van der Waals surface area contributed by atoms with E-state index in [4.69, 9.17) is 0 Å². The fourth-order valence-corrected chi connectivity index (χ4v) is 1.56.